The standard InChI is InChI=1S/C25H36F2/c1-2-5-19-8-13-22(14-9-19)23-15-10-20(11-16-23)6-3-4-7-21-12-17-24(26)25(27)18-21/h4,7,12,17-20,22-23H,2-3,5-6,8-11,13-16H2,1H3/b7-4-. The minimum absolute atomic E-state index is 0.747. The Hall–Kier alpha value is -1.18. The third-order valence-electron chi connectivity index (χ3n) is 7.14. The van der Waals surface area contributed by atoms with E-state index in [2.05, 4.69) is 13.0 Å². The van der Waals surface area contributed by atoms with Crippen LogP contribution in [0.2, 0.25) is 0 Å². The second-order valence-electron chi connectivity index (χ2n) is 9.00. The largest absolute Gasteiger partial charge is 0.204 e. The van der Waals surface area contributed by atoms with Crippen LogP contribution in [0.3, 0.4) is 0 Å². The highest BCUT2D eigenvalue weighted by atomic mass is 19.2. The minimum Gasteiger partial charge on any atom is -0.204 e. The first-order valence-electron chi connectivity index (χ1n) is 11.3. The summed E-state index contributed by atoms with van der Waals surface area (Å²) in [5, 5.41) is 0. The molecule has 2 heteroatoms. The Morgan fingerprint density at radius 1 is 0.815 bits per heavy atom. The van der Waals surface area contributed by atoms with E-state index in [0.717, 1.165) is 35.7 Å². The lowest BCUT2D eigenvalue weighted by atomic mass is 9.68. The molecule has 0 radical (unpaired) electrons. The lowest BCUT2D eigenvalue weighted by Gasteiger charge is -2.38. The van der Waals surface area contributed by atoms with Crippen LogP contribution in [0.25, 0.3) is 6.08 Å². The van der Waals surface area contributed by atoms with Crippen molar-refractivity contribution in [2.24, 2.45) is 23.7 Å². The van der Waals surface area contributed by atoms with E-state index in [1.54, 1.807) is 6.07 Å². The fraction of sp³-hybridized carbons (Fsp3) is 0.680. The fourth-order valence-corrected chi connectivity index (χ4v) is 5.47. The third kappa shape index (κ3) is 6.16. The summed E-state index contributed by atoms with van der Waals surface area (Å²) in [6.07, 6.45) is 20.7. The first kappa shape index (κ1) is 20.6. The molecule has 0 amide bonds. The van der Waals surface area contributed by atoms with Crippen LogP contribution in [-0.2, 0) is 0 Å². The zero-order chi connectivity index (χ0) is 19.1. The van der Waals surface area contributed by atoms with E-state index in [1.165, 1.54) is 82.8 Å². The van der Waals surface area contributed by atoms with Crippen LogP contribution in [0.1, 0.15) is 89.5 Å². The summed E-state index contributed by atoms with van der Waals surface area (Å²) in [6, 6.07) is 4.10. The molecule has 2 aliphatic carbocycles. The molecule has 0 saturated heterocycles. The van der Waals surface area contributed by atoms with Crippen molar-refractivity contribution in [1.29, 1.82) is 0 Å². The molecule has 1 aromatic rings. The number of hydrogen-bond acceptors (Lipinski definition) is 0. The average Bonchev–Trinajstić information content (AvgIpc) is 2.69. The number of benzene rings is 1. The van der Waals surface area contributed by atoms with Gasteiger partial charge in [-0.05, 0) is 79.9 Å². The van der Waals surface area contributed by atoms with Gasteiger partial charge < -0.3 is 0 Å². The minimum atomic E-state index is -0.775. The second kappa shape index (κ2) is 10.4. The molecule has 0 bridgehead atoms. The average molecular weight is 375 g/mol. The summed E-state index contributed by atoms with van der Waals surface area (Å²) in [5.74, 6) is 2.33. The molecule has 2 aliphatic rings. The van der Waals surface area contributed by atoms with Gasteiger partial charge in [0.25, 0.3) is 0 Å². The molecule has 0 N–H and O–H groups in total. The molecule has 0 aromatic heterocycles. The zero-order valence-electron chi connectivity index (χ0n) is 16.9. The molecule has 2 fully saturated rings. The first-order valence-corrected chi connectivity index (χ1v) is 11.3. The van der Waals surface area contributed by atoms with Gasteiger partial charge in [-0.2, -0.15) is 0 Å². The van der Waals surface area contributed by atoms with Gasteiger partial charge in [-0.1, -0.05) is 63.7 Å². The molecule has 1 aromatic carbocycles. The van der Waals surface area contributed by atoms with Gasteiger partial charge in [-0.25, -0.2) is 8.78 Å². The van der Waals surface area contributed by atoms with E-state index < -0.39 is 11.6 Å². The quantitative estimate of drug-likeness (QED) is 0.451. The van der Waals surface area contributed by atoms with Crippen molar-refractivity contribution < 1.29 is 8.78 Å². The van der Waals surface area contributed by atoms with E-state index in [0.29, 0.717) is 0 Å². The number of rotatable bonds is 7. The van der Waals surface area contributed by atoms with Crippen LogP contribution in [0, 0.1) is 35.3 Å². The summed E-state index contributed by atoms with van der Waals surface area (Å²) >= 11 is 0. The van der Waals surface area contributed by atoms with Gasteiger partial charge in [0.1, 0.15) is 0 Å². The molecule has 150 valence electrons. The van der Waals surface area contributed by atoms with Crippen LogP contribution in [0.5, 0.6) is 0 Å². The van der Waals surface area contributed by atoms with Gasteiger partial charge >= 0.3 is 0 Å². The lowest BCUT2D eigenvalue weighted by Crippen LogP contribution is -2.25. The summed E-state index contributed by atoms with van der Waals surface area (Å²) in [7, 11) is 0. The van der Waals surface area contributed by atoms with Crippen LogP contribution >= 0.6 is 0 Å². The SMILES string of the molecule is CCCC1CCC(C2CCC(CC/C=C\c3ccc(F)c(F)c3)CC2)CC1. The lowest BCUT2D eigenvalue weighted by molar-refractivity contribution is 0.141. The Bertz CT molecular complexity index is 590. The first-order chi connectivity index (χ1) is 13.2. The Morgan fingerprint density at radius 2 is 1.41 bits per heavy atom. The summed E-state index contributed by atoms with van der Waals surface area (Å²) in [4.78, 5) is 0. The fourth-order valence-electron chi connectivity index (χ4n) is 5.47. The Labute approximate surface area is 164 Å². The smallest absolute Gasteiger partial charge is 0.159 e. The maximum Gasteiger partial charge on any atom is 0.159 e. The predicted octanol–water partition coefficient (Wildman–Crippen LogP) is 8.17. The topological polar surface area (TPSA) is 0 Å². The normalized spacial score (nSPS) is 29.3. The molecule has 2 saturated carbocycles. The Kier molecular flexibility index (Phi) is 7.91. The molecule has 0 heterocycles. The van der Waals surface area contributed by atoms with Gasteiger partial charge in [-0.15, -0.1) is 0 Å². The highest BCUT2D eigenvalue weighted by Crippen LogP contribution is 2.42. The Balaban J connectivity index is 1.34. The van der Waals surface area contributed by atoms with E-state index in [1.807, 2.05) is 6.08 Å². The Morgan fingerprint density at radius 3 is 1.96 bits per heavy atom. The summed E-state index contributed by atoms with van der Waals surface area (Å²) < 4.78 is 26.2. The molecule has 3 rings (SSSR count). The zero-order valence-corrected chi connectivity index (χ0v) is 16.9. The number of hydrogen-bond donors (Lipinski definition) is 0. The van der Waals surface area contributed by atoms with E-state index >= 15 is 0 Å². The number of allylic oxidation sites excluding steroid dienone is 1. The van der Waals surface area contributed by atoms with Crippen LogP contribution in [0.15, 0.2) is 24.3 Å². The maximum absolute atomic E-state index is 13.2. The highest BCUT2D eigenvalue weighted by Gasteiger charge is 2.30. The van der Waals surface area contributed by atoms with Crippen molar-refractivity contribution in [3.05, 3.63) is 41.5 Å². The monoisotopic (exact) mass is 374 g/mol. The maximum atomic E-state index is 13.2. The third-order valence-corrected chi connectivity index (χ3v) is 7.14. The molecule has 0 unspecified atom stereocenters. The highest BCUT2D eigenvalue weighted by molar-refractivity contribution is 5.48. The van der Waals surface area contributed by atoms with Gasteiger partial charge in [0.05, 0.1) is 0 Å². The molecule has 0 aliphatic heterocycles. The van der Waals surface area contributed by atoms with E-state index in [9.17, 15) is 8.78 Å². The van der Waals surface area contributed by atoms with Crippen LogP contribution in [-0.4, -0.2) is 0 Å². The number of halogens is 2. The molecule has 27 heavy (non-hydrogen) atoms. The molecular weight excluding hydrogens is 338 g/mol. The molecular formula is C25H36F2. The summed E-state index contributed by atoms with van der Waals surface area (Å²) in [5.41, 5.74) is 0.747. The van der Waals surface area contributed by atoms with Gasteiger partial charge in [0.15, 0.2) is 11.6 Å². The van der Waals surface area contributed by atoms with Crippen molar-refractivity contribution in [2.75, 3.05) is 0 Å². The molecule has 0 spiro atoms. The predicted molar refractivity (Wildman–Crippen MR) is 110 cm³/mol. The van der Waals surface area contributed by atoms with Crippen molar-refractivity contribution in [1.82, 2.24) is 0 Å². The molecule has 0 atom stereocenters. The van der Waals surface area contributed by atoms with Gasteiger partial charge in [-0.3, -0.25) is 0 Å². The van der Waals surface area contributed by atoms with Crippen molar-refractivity contribution >= 4 is 6.08 Å². The van der Waals surface area contributed by atoms with E-state index in [4.69, 9.17) is 0 Å². The van der Waals surface area contributed by atoms with Gasteiger partial charge in [0, 0.05) is 0 Å². The van der Waals surface area contributed by atoms with Crippen LogP contribution in [0.4, 0.5) is 8.78 Å². The van der Waals surface area contributed by atoms with Crippen molar-refractivity contribution in [3.8, 4) is 0 Å². The van der Waals surface area contributed by atoms with Crippen molar-refractivity contribution in [3.63, 3.8) is 0 Å². The second-order valence-corrected chi connectivity index (χ2v) is 9.00. The van der Waals surface area contributed by atoms with Crippen molar-refractivity contribution in [2.45, 2.75) is 84.0 Å². The molecule has 0 nitrogen and oxygen atoms in total. The summed E-state index contributed by atoms with van der Waals surface area (Å²) in [6.45, 7) is 2.32. The van der Waals surface area contributed by atoms with Gasteiger partial charge in [0.2, 0.25) is 0 Å². The van der Waals surface area contributed by atoms with Crippen LogP contribution < -0.4 is 0 Å². The van der Waals surface area contributed by atoms with E-state index in [-0.39, 0.29) is 0 Å².